The first-order chi connectivity index (χ1) is 12.0. The fourth-order valence-corrected chi connectivity index (χ4v) is 3.71. The molecule has 25 heavy (non-hydrogen) atoms. The number of carbonyl (C=O) groups excluding carboxylic acids is 2. The molecule has 0 bridgehead atoms. The van der Waals surface area contributed by atoms with Gasteiger partial charge in [-0.1, -0.05) is 0 Å². The van der Waals surface area contributed by atoms with Gasteiger partial charge >= 0.3 is 0 Å². The summed E-state index contributed by atoms with van der Waals surface area (Å²) in [5.41, 5.74) is 1.56. The number of amides is 2. The van der Waals surface area contributed by atoms with E-state index in [1.54, 1.807) is 19.3 Å². The second kappa shape index (κ2) is 7.91. The van der Waals surface area contributed by atoms with Crippen LogP contribution in [0.5, 0.6) is 0 Å². The summed E-state index contributed by atoms with van der Waals surface area (Å²) < 4.78 is 0. The van der Waals surface area contributed by atoms with Crippen molar-refractivity contribution in [2.45, 2.75) is 45.2 Å². The Hall–Kier alpha value is -2.02. The van der Waals surface area contributed by atoms with E-state index in [0.717, 1.165) is 56.7 Å². The van der Waals surface area contributed by atoms with Crippen LogP contribution in [0.25, 0.3) is 0 Å². The molecule has 2 aliphatic rings. The van der Waals surface area contributed by atoms with Crippen molar-refractivity contribution >= 4 is 11.8 Å². The largest absolute Gasteiger partial charge is 0.350 e. The van der Waals surface area contributed by atoms with E-state index in [2.05, 4.69) is 27.2 Å². The maximum atomic E-state index is 12.3. The van der Waals surface area contributed by atoms with Gasteiger partial charge in [0.25, 0.3) is 0 Å². The van der Waals surface area contributed by atoms with Gasteiger partial charge < -0.3 is 15.1 Å². The number of nitrogens with one attached hydrogen (secondary N) is 1. The Morgan fingerprint density at radius 1 is 1.20 bits per heavy atom. The summed E-state index contributed by atoms with van der Waals surface area (Å²) in [6.07, 6.45) is 7.13. The lowest BCUT2D eigenvalue weighted by molar-refractivity contribution is -0.129. The minimum atomic E-state index is 0.00883. The van der Waals surface area contributed by atoms with Crippen molar-refractivity contribution in [3.63, 3.8) is 0 Å². The Labute approximate surface area is 148 Å². The lowest BCUT2D eigenvalue weighted by Crippen LogP contribution is -2.38. The monoisotopic (exact) mass is 345 g/mol. The van der Waals surface area contributed by atoms with Gasteiger partial charge in [-0.15, -0.1) is 0 Å². The zero-order valence-corrected chi connectivity index (χ0v) is 15.1. The van der Waals surface area contributed by atoms with Crippen LogP contribution in [0.2, 0.25) is 0 Å². The molecule has 136 valence electrons. The van der Waals surface area contributed by atoms with E-state index in [9.17, 15) is 9.59 Å². The number of rotatable bonds is 4. The molecule has 2 aliphatic heterocycles. The molecule has 1 aromatic rings. The van der Waals surface area contributed by atoms with Crippen molar-refractivity contribution in [3.05, 3.63) is 23.8 Å². The Morgan fingerprint density at radius 2 is 1.96 bits per heavy atom. The zero-order valence-electron chi connectivity index (χ0n) is 15.1. The highest BCUT2D eigenvalue weighted by atomic mass is 16.2. The molecular formula is C18H27N5O2. The van der Waals surface area contributed by atoms with Gasteiger partial charge in [0.15, 0.2) is 0 Å². The molecule has 0 spiro atoms. The molecule has 0 saturated carbocycles. The first-order valence-corrected chi connectivity index (χ1v) is 9.09. The van der Waals surface area contributed by atoms with E-state index in [4.69, 9.17) is 0 Å². The van der Waals surface area contributed by atoms with Crippen LogP contribution in [0.15, 0.2) is 12.4 Å². The lowest BCUT2D eigenvalue weighted by Gasteiger charge is -2.28. The van der Waals surface area contributed by atoms with Gasteiger partial charge in [-0.2, -0.15) is 0 Å². The third kappa shape index (κ3) is 4.34. The molecule has 1 aromatic heterocycles. The standard InChI is InChI=1S/C18H27N5O2/c1-13(24)23-7-3-4-17(23)16-12-19-10-15(21-16)11-20-18(25)14-5-8-22(2)9-6-14/h10,12,14,17H,3-9,11H2,1-2H3,(H,20,25)/t17-/m1/s1. The minimum Gasteiger partial charge on any atom is -0.350 e. The number of hydrogen-bond donors (Lipinski definition) is 1. The van der Waals surface area contributed by atoms with Gasteiger partial charge in [-0.3, -0.25) is 19.6 Å². The average molecular weight is 345 g/mol. The molecule has 7 heteroatoms. The van der Waals surface area contributed by atoms with Gasteiger partial charge in [-0.05, 0) is 45.8 Å². The van der Waals surface area contributed by atoms with Gasteiger partial charge in [0.05, 0.1) is 36.4 Å². The van der Waals surface area contributed by atoms with E-state index in [1.807, 2.05) is 4.90 Å². The highest BCUT2D eigenvalue weighted by Gasteiger charge is 2.29. The summed E-state index contributed by atoms with van der Waals surface area (Å²) in [5.74, 6) is 0.271. The van der Waals surface area contributed by atoms with E-state index in [-0.39, 0.29) is 23.8 Å². The third-order valence-corrected chi connectivity index (χ3v) is 5.23. The molecular weight excluding hydrogens is 318 g/mol. The van der Waals surface area contributed by atoms with Crippen molar-refractivity contribution < 1.29 is 9.59 Å². The maximum absolute atomic E-state index is 12.3. The first-order valence-electron chi connectivity index (χ1n) is 9.09. The van der Waals surface area contributed by atoms with Crippen LogP contribution >= 0.6 is 0 Å². The predicted molar refractivity (Wildman–Crippen MR) is 93.5 cm³/mol. The quantitative estimate of drug-likeness (QED) is 0.885. The van der Waals surface area contributed by atoms with Crippen LogP contribution in [0.3, 0.4) is 0 Å². The highest BCUT2D eigenvalue weighted by Crippen LogP contribution is 2.30. The molecule has 0 radical (unpaired) electrons. The smallest absolute Gasteiger partial charge is 0.223 e. The van der Waals surface area contributed by atoms with Crippen molar-refractivity contribution in [2.75, 3.05) is 26.7 Å². The molecule has 1 atom stereocenters. The molecule has 0 aliphatic carbocycles. The second-order valence-electron chi connectivity index (χ2n) is 7.10. The van der Waals surface area contributed by atoms with Crippen molar-refractivity contribution in [1.82, 2.24) is 25.1 Å². The van der Waals surface area contributed by atoms with E-state index >= 15 is 0 Å². The van der Waals surface area contributed by atoms with Gasteiger partial charge in [0.1, 0.15) is 0 Å². The van der Waals surface area contributed by atoms with E-state index < -0.39 is 0 Å². The SMILES string of the molecule is CC(=O)N1CCC[C@@H]1c1cncc(CNC(=O)C2CCN(C)CC2)n1. The Morgan fingerprint density at radius 3 is 2.68 bits per heavy atom. The van der Waals surface area contributed by atoms with Crippen molar-refractivity contribution in [2.24, 2.45) is 5.92 Å². The molecule has 1 N–H and O–H groups in total. The average Bonchev–Trinajstić information content (AvgIpc) is 3.11. The summed E-state index contributed by atoms with van der Waals surface area (Å²) >= 11 is 0. The molecule has 3 heterocycles. The van der Waals surface area contributed by atoms with Crippen LogP contribution < -0.4 is 5.32 Å². The number of piperidine rings is 1. The topological polar surface area (TPSA) is 78.4 Å². The van der Waals surface area contributed by atoms with Crippen LogP contribution in [0.4, 0.5) is 0 Å². The zero-order chi connectivity index (χ0) is 17.8. The Bertz CT molecular complexity index is 628. The third-order valence-electron chi connectivity index (χ3n) is 5.23. The van der Waals surface area contributed by atoms with Crippen LogP contribution in [-0.2, 0) is 16.1 Å². The van der Waals surface area contributed by atoms with Crippen LogP contribution in [0, 0.1) is 5.92 Å². The van der Waals surface area contributed by atoms with Crippen LogP contribution in [0.1, 0.15) is 50.0 Å². The Balaban J connectivity index is 1.58. The summed E-state index contributed by atoms with van der Waals surface area (Å²) in [5, 5.41) is 2.99. The fourth-order valence-electron chi connectivity index (χ4n) is 3.71. The predicted octanol–water partition coefficient (Wildman–Crippen LogP) is 1.12. The molecule has 0 aromatic carbocycles. The fraction of sp³-hybridized carbons (Fsp3) is 0.667. The second-order valence-corrected chi connectivity index (χ2v) is 7.10. The summed E-state index contributed by atoms with van der Waals surface area (Å²) in [6.45, 7) is 4.70. The first kappa shape index (κ1) is 17.8. The minimum absolute atomic E-state index is 0.00883. The van der Waals surface area contributed by atoms with E-state index in [0.29, 0.717) is 6.54 Å². The maximum Gasteiger partial charge on any atom is 0.223 e. The van der Waals surface area contributed by atoms with Gasteiger partial charge in [0, 0.05) is 19.4 Å². The highest BCUT2D eigenvalue weighted by molar-refractivity contribution is 5.78. The normalized spacial score (nSPS) is 22.2. The molecule has 0 unspecified atom stereocenters. The summed E-state index contributed by atoms with van der Waals surface area (Å²) in [6, 6.07) is 0.00883. The van der Waals surface area contributed by atoms with Gasteiger partial charge in [-0.25, -0.2) is 0 Å². The molecule has 2 fully saturated rings. The lowest BCUT2D eigenvalue weighted by atomic mass is 9.96. The van der Waals surface area contributed by atoms with Crippen molar-refractivity contribution in [3.8, 4) is 0 Å². The van der Waals surface area contributed by atoms with E-state index in [1.165, 1.54) is 0 Å². The Kier molecular flexibility index (Phi) is 5.63. The number of nitrogens with zero attached hydrogens (tertiary/aromatic N) is 4. The summed E-state index contributed by atoms with van der Waals surface area (Å²) in [7, 11) is 2.09. The summed E-state index contributed by atoms with van der Waals surface area (Å²) in [4.78, 5) is 37.1. The van der Waals surface area contributed by atoms with Crippen molar-refractivity contribution in [1.29, 1.82) is 0 Å². The van der Waals surface area contributed by atoms with Gasteiger partial charge in [0.2, 0.25) is 11.8 Å². The van der Waals surface area contributed by atoms with Crippen LogP contribution in [-0.4, -0.2) is 58.3 Å². The number of aromatic nitrogens is 2. The molecule has 2 saturated heterocycles. The number of hydrogen-bond acceptors (Lipinski definition) is 5. The number of carbonyl (C=O) groups is 2. The molecule has 3 rings (SSSR count). The number of likely N-dealkylation sites (tertiary alicyclic amines) is 2. The molecule has 7 nitrogen and oxygen atoms in total. The molecule has 2 amide bonds.